The second-order valence-corrected chi connectivity index (χ2v) is 6.77. The van der Waals surface area contributed by atoms with Gasteiger partial charge in [-0.3, -0.25) is 4.79 Å². The van der Waals surface area contributed by atoms with Crippen molar-refractivity contribution in [1.82, 2.24) is 4.90 Å². The van der Waals surface area contributed by atoms with Crippen LogP contribution in [-0.2, 0) is 22.4 Å². The first-order chi connectivity index (χ1) is 9.98. The Morgan fingerprint density at radius 2 is 1.95 bits per heavy atom. The Balaban J connectivity index is 1.71. The van der Waals surface area contributed by atoms with Gasteiger partial charge in [-0.25, -0.2) is 0 Å². The number of nitrogens with zero attached hydrogens (tertiary/aromatic N) is 1. The molecule has 1 N–H and O–H groups in total. The third-order valence-corrected chi connectivity index (χ3v) is 4.40. The van der Waals surface area contributed by atoms with Crippen LogP contribution in [0, 0.1) is 5.92 Å². The largest absolute Gasteiger partial charge is 0.394 e. The smallest absolute Gasteiger partial charge is 0.226 e. The average molecular weight is 289 g/mol. The molecule has 1 unspecified atom stereocenters. The van der Waals surface area contributed by atoms with Crippen molar-refractivity contribution in [1.29, 1.82) is 0 Å². The Hall–Kier alpha value is -1.39. The van der Waals surface area contributed by atoms with Gasteiger partial charge in [0.05, 0.1) is 18.3 Å². The molecule has 0 spiro atoms. The Morgan fingerprint density at radius 1 is 1.33 bits per heavy atom. The summed E-state index contributed by atoms with van der Waals surface area (Å²) in [6, 6.07) is 8.29. The number of aliphatic hydroxyl groups is 1. The van der Waals surface area contributed by atoms with Crippen LogP contribution in [0.4, 0.5) is 0 Å². The van der Waals surface area contributed by atoms with Crippen molar-refractivity contribution in [2.75, 3.05) is 19.7 Å². The molecule has 0 radical (unpaired) electrons. The van der Waals surface area contributed by atoms with Gasteiger partial charge in [0.15, 0.2) is 0 Å². The molecule has 3 rings (SSSR count). The normalized spacial score (nSPS) is 24.9. The molecule has 1 aliphatic carbocycles. The highest BCUT2D eigenvalue weighted by molar-refractivity contribution is 5.80. The van der Waals surface area contributed by atoms with Gasteiger partial charge < -0.3 is 14.7 Å². The lowest BCUT2D eigenvalue weighted by Gasteiger charge is -2.43. The van der Waals surface area contributed by atoms with Crippen LogP contribution in [0.15, 0.2) is 24.3 Å². The molecule has 114 valence electrons. The van der Waals surface area contributed by atoms with E-state index in [1.54, 1.807) is 0 Å². The summed E-state index contributed by atoms with van der Waals surface area (Å²) < 4.78 is 5.78. The zero-order valence-corrected chi connectivity index (χ0v) is 12.7. The molecule has 1 aromatic carbocycles. The summed E-state index contributed by atoms with van der Waals surface area (Å²) in [6.07, 6.45) is 1.38. The maximum atomic E-state index is 12.8. The Labute approximate surface area is 125 Å². The molecular weight excluding hydrogens is 266 g/mol. The Bertz CT molecular complexity index is 516. The quantitative estimate of drug-likeness (QED) is 0.895. The van der Waals surface area contributed by atoms with E-state index < -0.39 is 5.60 Å². The summed E-state index contributed by atoms with van der Waals surface area (Å²) in [5.74, 6) is 0.233. The third-order valence-electron chi connectivity index (χ3n) is 4.40. The van der Waals surface area contributed by atoms with Gasteiger partial charge in [-0.15, -0.1) is 0 Å². The molecule has 4 heteroatoms. The van der Waals surface area contributed by atoms with Gasteiger partial charge in [0, 0.05) is 19.0 Å². The van der Waals surface area contributed by atoms with Crippen molar-refractivity contribution in [2.24, 2.45) is 5.92 Å². The molecule has 1 atom stereocenters. The fraction of sp³-hybridized carbons (Fsp3) is 0.588. The lowest BCUT2D eigenvalue weighted by Crippen LogP contribution is -2.56. The van der Waals surface area contributed by atoms with Crippen LogP contribution >= 0.6 is 0 Å². The fourth-order valence-electron chi connectivity index (χ4n) is 3.55. The van der Waals surface area contributed by atoms with E-state index in [0.717, 1.165) is 12.8 Å². The van der Waals surface area contributed by atoms with Gasteiger partial charge in [0.1, 0.15) is 0 Å². The SMILES string of the molecule is CC1(C)CN(C(=O)C2Cc3ccccc3C2)CC(CO)O1. The summed E-state index contributed by atoms with van der Waals surface area (Å²) in [6.45, 7) is 4.98. The number of aliphatic hydroxyl groups excluding tert-OH is 1. The number of hydrogen-bond acceptors (Lipinski definition) is 3. The monoisotopic (exact) mass is 289 g/mol. The van der Waals surface area contributed by atoms with Crippen LogP contribution in [0.3, 0.4) is 0 Å². The Kier molecular flexibility index (Phi) is 3.76. The van der Waals surface area contributed by atoms with Gasteiger partial charge in [0.25, 0.3) is 0 Å². The van der Waals surface area contributed by atoms with Crippen molar-refractivity contribution in [2.45, 2.75) is 38.4 Å². The first kappa shape index (κ1) is 14.5. The van der Waals surface area contributed by atoms with Gasteiger partial charge in [-0.05, 0) is 37.8 Å². The number of hydrogen-bond donors (Lipinski definition) is 1. The molecule has 1 amide bonds. The minimum Gasteiger partial charge on any atom is -0.394 e. The molecule has 21 heavy (non-hydrogen) atoms. The second kappa shape index (κ2) is 5.43. The summed E-state index contributed by atoms with van der Waals surface area (Å²) in [5.41, 5.74) is 2.19. The number of carbonyl (C=O) groups is 1. The number of rotatable bonds is 2. The number of benzene rings is 1. The van der Waals surface area contributed by atoms with Gasteiger partial charge in [-0.2, -0.15) is 0 Å². The van der Waals surface area contributed by atoms with Crippen LogP contribution in [0.5, 0.6) is 0 Å². The van der Waals surface area contributed by atoms with Crippen molar-refractivity contribution in [3.05, 3.63) is 35.4 Å². The predicted molar refractivity (Wildman–Crippen MR) is 80.0 cm³/mol. The van der Waals surface area contributed by atoms with Crippen LogP contribution in [-0.4, -0.2) is 47.3 Å². The van der Waals surface area contributed by atoms with Crippen molar-refractivity contribution >= 4 is 5.91 Å². The highest BCUT2D eigenvalue weighted by Gasteiger charge is 2.38. The number of amides is 1. The van der Waals surface area contributed by atoms with Crippen molar-refractivity contribution in [3.8, 4) is 0 Å². The number of fused-ring (bicyclic) bond motifs is 1. The zero-order valence-electron chi connectivity index (χ0n) is 12.7. The third kappa shape index (κ3) is 2.97. The molecule has 4 nitrogen and oxygen atoms in total. The molecule has 1 fully saturated rings. The van der Waals surface area contributed by atoms with Crippen LogP contribution < -0.4 is 0 Å². The summed E-state index contributed by atoms with van der Waals surface area (Å²) in [4.78, 5) is 14.7. The maximum absolute atomic E-state index is 12.8. The molecule has 1 aromatic rings. The molecule has 0 saturated carbocycles. The van der Waals surface area contributed by atoms with E-state index in [9.17, 15) is 9.90 Å². The molecular formula is C17H23NO3. The van der Waals surface area contributed by atoms with E-state index in [-0.39, 0.29) is 24.5 Å². The predicted octanol–water partition coefficient (Wildman–Crippen LogP) is 1.40. The van der Waals surface area contributed by atoms with Gasteiger partial charge in [0.2, 0.25) is 5.91 Å². The summed E-state index contributed by atoms with van der Waals surface area (Å²) in [5, 5.41) is 9.37. The first-order valence-electron chi connectivity index (χ1n) is 7.63. The average Bonchev–Trinajstić information content (AvgIpc) is 2.88. The Morgan fingerprint density at radius 3 is 2.52 bits per heavy atom. The van der Waals surface area contributed by atoms with E-state index >= 15 is 0 Å². The van der Waals surface area contributed by atoms with Crippen LogP contribution in [0.1, 0.15) is 25.0 Å². The molecule has 0 aromatic heterocycles. The van der Waals surface area contributed by atoms with E-state index in [1.807, 2.05) is 30.9 Å². The summed E-state index contributed by atoms with van der Waals surface area (Å²) in [7, 11) is 0. The van der Waals surface area contributed by atoms with Gasteiger partial charge >= 0.3 is 0 Å². The van der Waals surface area contributed by atoms with Crippen molar-refractivity contribution < 1.29 is 14.6 Å². The number of morpholine rings is 1. The standard InChI is InChI=1S/C17H23NO3/c1-17(2)11-18(9-15(10-19)21-17)16(20)14-7-12-5-3-4-6-13(12)8-14/h3-6,14-15,19H,7-11H2,1-2H3. The van der Waals surface area contributed by atoms with Crippen LogP contribution in [0.2, 0.25) is 0 Å². The number of ether oxygens (including phenoxy) is 1. The fourth-order valence-corrected chi connectivity index (χ4v) is 3.55. The molecule has 1 heterocycles. The van der Waals surface area contributed by atoms with E-state index in [1.165, 1.54) is 11.1 Å². The zero-order chi connectivity index (χ0) is 15.0. The topological polar surface area (TPSA) is 49.8 Å². The molecule has 0 bridgehead atoms. The minimum absolute atomic E-state index is 0.0376. The van der Waals surface area contributed by atoms with Crippen molar-refractivity contribution in [3.63, 3.8) is 0 Å². The maximum Gasteiger partial charge on any atom is 0.226 e. The van der Waals surface area contributed by atoms with E-state index in [4.69, 9.17) is 4.74 Å². The highest BCUT2D eigenvalue weighted by Crippen LogP contribution is 2.30. The molecule has 2 aliphatic rings. The van der Waals surface area contributed by atoms with Crippen LogP contribution in [0.25, 0.3) is 0 Å². The first-order valence-corrected chi connectivity index (χ1v) is 7.63. The minimum atomic E-state index is -0.396. The lowest BCUT2D eigenvalue weighted by atomic mass is 10.00. The molecule has 1 saturated heterocycles. The number of carbonyl (C=O) groups excluding carboxylic acids is 1. The molecule has 1 aliphatic heterocycles. The lowest BCUT2D eigenvalue weighted by molar-refractivity contribution is -0.169. The van der Waals surface area contributed by atoms with E-state index in [2.05, 4.69) is 12.1 Å². The van der Waals surface area contributed by atoms with Gasteiger partial charge in [-0.1, -0.05) is 24.3 Å². The van der Waals surface area contributed by atoms with E-state index in [0.29, 0.717) is 13.1 Å². The highest BCUT2D eigenvalue weighted by atomic mass is 16.5. The second-order valence-electron chi connectivity index (χ2n) is 6.77. The summed E-state index contributed by atoms with van der Waals surface area (Å²) >= 11 is 0.